The van der Waals surface area contributed by atoms with Crippen LogP contribution in [0.5, 0.6) is 5.75 Å². The van der Waals surface area contributed by atoms with E-state index < -0.39 is 12.3 Å². The first kappa shape index (κ1) is 15.8. The zero-order chi connectivity index (χ0) is 14.3. The quantitative estimate of drug-likeness (QED) is 0.779. The normalized spacial score (nSPS) is 13.3. The van der Waals surface area contributed by atoms with Crippen LogP contribution in [0.1, 0.15) is 18.9 Å². The van der Waals surface area contributed by atoms with E-state index in [2.05, 4.69) is 4.74 Å². The molecule has 0 spiro atoms. The molecule has 3 nitrogen and oxygen atoms in total. The van der Waals surface area contributed by atoms with Crippen LogP contribution in [0.4, 0.5) is 13.2 Å². The van der Waals surface area contributed by atoms with Gasteiger partial charge in [0.15, 0.2) is 6.10 Å². The van der Waals surface area contributed by atoms with Crippen molar-refractivity contribution < 1.29 is 22.6 Å². The molecule has 0 aliphatic heterocycles. The van der Waals surface area contributed by atoms with Crippen molar-refractivity contribution in [3.63, 3.8) is 0 Å². The number of nitrogens with two attached hydrogens (primary N) is 1. The minimum atomic E-state index is -4.31. The molecule has 1 aromatic carbocycles. The Bertz CT molecular complexity index is 365. The Hall–Kier alpha value is -1.27. The topological polar surface area (TPSA) is 44.5 Å². The van der Waals surface area contributed by atoms with Crippen molar-refractivity contribution in [2.75, 3.05) is 13.2 Å². The largest absolute Gasteiger partial charge is 0.494 e. The van der Waals surface area contributed by atoms with E-state index in [9.17, 15) is 13.2 Å². The van der Waals surface area contributed by atoms with Crippen LogP contribution >= 0.6 is 0 Å². The number of ether oxygens (including phenoxy) is 2. The fourth-order valence-corrected chi connectivity index (χ4v) is 1.33. The molecule has 2 N–H and O–H groups in total. The summed E-state index contributed by atoms with van der Waals surface area (Å²) in [5.41, 5.74) is 6.45. The molecule has 0 bridgehead atoms. The van der Waals surface area contributed by atoms with Crippen LogP contribution in [0.2, 0.25) is 0 Å². The number of benzene rings is 1. The van der Waals surface area contributed by atoms with Gasteiger partial charge in [-0.1, -0.05) is 12.1 Å². The maximum Gasteiger partial charge on any atom is 0.414 e. The van der Waals surface area contributed by atoms with Gasteiger partial charge in [0.25, 0.3) is 0 Å². The number of hydrogen-bond acceptors (Lipinski definition) is 3. The summed E-state index contributed by atoms with van der Waals surface area (Å²) >= 11 is 0. The predicted octanol–water partition coefficient (Wildman–Crippen LogP) is 2.88. The summed E-state index contributed by atoms with van der Waals surface area (Å²) < 4.78 is 46.4. The fourth-order valence-electron chi connectivity index (χ4n) is 1.33. The van der Waals surface area contributed by atoms with Crippen molar-refractivity contribution in [1.82, 2.24) is 0 Å². The van der Waals surface area contributed by atoms with E-state index >= 15 is 0 Å². The molecule has 1 unspecified atom stereocenters. The standard InChI is InChI=1S/C13H18F3NO2/c1-10(13(14,15)16)18-7-2-8-19-12-5-3-11(9-17)4-6-12/h3-6,10H,2,7-9,17H2,1H3. The molecule has 0 fully saturated rings. The highest BCUT2D eigenvalue weighted by Gasteiger charge is 2.36. The van der Waals surface area contributed by atoms with Crippen LogP contribution in [0.15, 0.2) is 24.3 Å². The molecule has 19 heavy (non-hydrogen) atoms. The molecule has 0 saturated heterocycles. The summed E-state index contributed by atoms with van der Waals surface area (Å²) in [4.78, 5) is 0. The molecule has 1 rings (SSSR count). The summed E-state index contributed by atoms with van der Waals surface area (Å²) in [6, 6.07) is 7.25. The van der Waals surface area contributed by atoms with Gasteiger partial charge in [0, 0.05) is 13.0 Å². The Kier molecular flexibility index (Phi) is 6.11. The van der Waals surface area contributed by atoms with Crippen LogP contribution in [0.25, 0.3) is 0 Å². The van der Waals surface area contributed by atoms with Crippen molar-refractivity contribution in [3.05, 3.63) is 29.8 Å². The Morgan fingerprint density at radius 2 is 1.79 bits per heavy atom. The van der Waals surface area contributed by atoms with Crippen LogP contribution in [-0.2, 0) is 11.3 Å². The van der Waals surface area contributed by atoms with Crippen molar-refractivity contribution in [2.45, 2.75) is 32.2 Å². The molecule has 0 aliphatic carbocycles. The Labute approximate surface area is 110 Å². The first-order chi connectivity index (χ1) is 8.93. The minimum absolute atomic E-state index is 0.0154. The summed E-state index contributed by atoms with van der Waals surface area (Å²) in [6.45, 7) is 1.78. The van der Waals surface area contributed by atoms with Crippen LogP contribution < -0.4 is 10.5 Å². The maximum atomic E-state index is 12.1. The van der Waals surface area contributed by atoms with Crippen LogP contribution in [0, 0.1) is 0 Å². The van der Waals surface area contributed by atoms with Crippen molar-refractivity contribution in [1.29, 1.82) is 0 Å². The lowest BCUT2D eigenvalue weighted by molar-refractivity contribution is -0.214. The second-order valence-corrected chi connectivity index (χ2v) is 4.10. The lowest BCUT2D eigenvalue weighted by Crippen LogP contribution is -2.29. The SMILES string of the molecule is CC(OCCCOc1ccc(CN)cc1)C(F)(F)F. The third-order valence-electron chi connectivity index (χ3n) is 2.55. The van der Waals surface area contributed by atoms with Gasteiger partial charge in [-0.05, 0) is 24.6 Å². The Morgan fingerprint density at radius 1 is 1.16 bits per heavy atom. The Balaban J connectivity index is 2.17. The molecule has 1 aromatic rings. The number of rotatable bonds is 7. The minimum Gasteiger partial charge on any atom is -0.494 e. The first-order valence-electron chi connectivity index (χ1n) is 6.03. The average Bonchev–Trinajstić information content (AvgIpc) is 2.37. The van der Waals surface area contributed by atoms with Crippen LogP contribution in [0.3, 0.4) is 0 Å². The second kappa shape index (κ2) is 7.35. The predicted molar refractivity (Wildman–Crippen MR) is 65.9 cm³/mol. The molecule has 0 radical (unpaired) electrons. The summed E-state index contributed by atoms with van der Waals surface area (Å²) in [7, 11) is 0. The molecule has 0 saturated carbocycles. The lowest BCUT2D eigenvalue weighted by Gasteiger charge is -2.16. The molecular weight excluding hydrogens is 259 g/mol. The monoisotopic (exact) mass is 277 g/mol. The Morgan fingerprint density at radius 3 is 2.32 bits per heavy atom. The second-order valence-electron chi connectivity index (χ2n) is 4.10. The van der Waals surface area contributed by atoms with E-state index in [0.717, 1.165) is 12.5 Å². The van der Waals surface area contributed by atoms with Crippen molar-refractivity contribution in [3.8, 4) is 5.75 Å². The van der Waals surface area contributed by atoms with Gasteiger partial charge in [-0.25, -0.2) is 0 Å². The third-order valence-corrected chi connectivity index (χ3v) is 2.55. The summed E-state index contributed by atoms with van der Waals surface area (Å²) in [5, 5.41) is 0. The van der Waals surface area contributed by atoms with E-state index in [1.807, 2.05) is 12.1 Å². The average molecular weight is 277 g/mol. The van der Waals surface area contributed by atoms with Gasteiger partial charge in [-0.2, -0.15) is 13.2 Å². The molecule has 0 heterocycles. The van der Waals surface area contributed by atoms with E-state index in [0.29, 0.717) is 25.3 Å². The first-order valence-corrected chi connectivity index (χ1v) is 6.03. The van der Waals surface area contributed by atoms with E-state index in [4.69, 9.17) is 10.5 Å². The number of alkyl halides is 3. The molecule has 0 aromatic heterocycles. The number of halogens is 3. The van der Waals surface area contributed by atoms with Gasteiger partial charge in [0.05, 0.1) is 13.2 Å². The molecule has 0 amide bonds. The van der Waals surface area contributed by atoms with E-state index in [1.54, 1.807) is 12.1 Å². The highest BCUT2D eigenvalue weighted by molar-refractivity contribution is 5.26. The van der Waals surface area contributed by atoms with Gasteiger partial charge in [-0.15, -0.1) is 0 Å². The van der Waals surface area contributed by atoms with Crippen molar-refractivity contribution >= 4 is 0 Å². The van der Waals surface area contributed by atoms with Gasteiger partial charge in [0.2, 0.25) is 0 Å². The van der Waals surface area contributed by atoms with Crippen molar-refractivity contribution in [2.24, 2.45) is 5.73 Å². The van der Waals surface area contributed by atoms with Gasteiger partial charge < -0.3 is 15.2 Å². The molecule has 6 heteroatoms. The fraction of sp³-hybridized carbons (Fsp3) is 0.538. The maximum absolute atomic E-state index is 12.1. The van der Waals surface area contributed by atoms with Crippen LogP contribution in [-0.4, -0.2) is 25.5 Å². The van der Waals surface area contributed by atoms with E-state index in [-0.39, 0.29) is 6.61 Å². The molecule has 108 valence electrons. The number of hydrogen-bond donors (Lipinski definition) is 1. The highest BCUT2D eigenvalue weighted by Crippen LogP contribution is 2.22. The van der Waals surface area contributed by atoms with Gasteiger partial charge in [0.1, 0.15) is 5.75 Å². The van der Waals surface area contributed by atoms with Gasteiger partial charge in [-0.3, -0.25) is 0 Å². The highest BCUT2D eigenvalue weighted by atomic mass is 19.4. The molecule has 0 aliphatic rings. The molecule has 1 atom stereocenters. The lowest BCUT2D eigenvalue weighted by atomic mass is 10.2. The summed E-state index contributed by atoms with van der Waals surface area (Å²) in [6.07, 6.45) is -5.64. The smallest absolute Gasteiger partial charge is 0.414 e. The zero-order valence-corrected chi connectivity index (χ0v) is 10.7. The summed E-state index contributed by atoms with van der Waals surface area (Å²) in [5.74, 6) is 0.668. The molecular formula is C13H18F3NO2. The van der Waals surface area contributed by atoms with E-state index in [1.165, 1.54) is 0 Å². The zero-order valence-electron chi connectivity index (χ0n) is 10.7. The third kappa shape index (κ3) is 5.94. The van der Waals surface area contributed by atoms with Gasteiger partial charge >= 0.3 is 6.18 Å².